The van der Waals surface area contributed by atoms with E-state index >= 15 is 0 Å². The monoisotopic (exact) mass is 247 g/mol. The predicted molar refractivity (Wildman–Crippen MR) is 69.8 cm³/mol. The molecule has 0 unspecified atom stereocenters. The van der Waals surface area contributed by atoms with Gasteiger partial charge in [0, 0.05) is 22.5 Å². The Morgan fingerprint density at radius 1 is 1.35 bits per heavy atom. The van der Waals surface area contributed by atoms with Crippen molar-refractivity contribution in [3.8, 4) is 0 Å². The molecule has 0 fully saturated rings. The van der Waals surface area contributed by atoms with Crippen LogP contribution in [0.15, 0.2) is 35.7 Å². The minimum absolute atomic E-state index is 0.357. The van der Waals surface area contributed by atoms with E-state index in [-0.39, 0.29) is 0 Å². The maximum atomic E-state index is 10.7. The number of thiophene rings is 1. The number of aryl methyl sites for hydroxylation is 1. The normalized spacial score (nSPS) is 10.2. The van der Waals surface area contributed by atoms with E-state index in [1.165, 1.54) is 16.9 Å². The van der Waals surface area contributed by atoms with E-state index in [1.807, 2.05) is 31.2 Å². The lowest BCUT2D eigenvalue weighted by Gasteiger charge is -2.04. The third-order valence-corrected chi connectivity index (χ3v) is 3.36. The Morgan fingerprint density at radius 2 is 2.06 bits per heavy atom. The fraction of sp³-hybridized carbons (Fsp3) is 0.154. The van der Waals surface area contributed by atoms with Crippen molar-refractivity contribution >= 4 is 23.0 Å². The highest BCUT2D eigenvalue weighted by atomic mass is 32.1. The first-order valence-corrected chi connectivity index (χ1v) is 6.14. The van der Waals surface area contributed by atoms with Crippen molar-refractivity contribution in [3.05, 3.63) is 51.7 Å². The van der Waals surface area contributed by atoms with Crippen LogP contribution < -0.4 is 5.32 Å². The van der Waals surface area contributed by atoms with Crippen LogP contribution in [0.3, 0.4) is 0 Å². The zero-order valence-corrected chi connectivity index (χ0v) is 10.3. The Balaban J connectivity index is 1.97. The van der Waals surface area contributed by atoms with Gasteiger partial charge < -0.3 is 10.4 Å². The van der Waals surface area contributed by atoms with Crippen molar-refractivity contribution in [2.45, 2.75) is 13.5 Å². The summed E-state index contributed by atoms with van der Waals surface area (Å²) in [7, 11) is 0. The first-order valence-electron chi connectivity index (χ1n) is 5.26. The quantitative estimate of drug-likeness (QED) is 0.871. The molecule has 2 aromatic rings. The number of aromatic carboxylic acids is 1. The molecule has 0 aliphatic rings. The van der Waals surface area contributed by atoms with E-state index in [0.29, 0.717) is 12.1 Å². The number of anilines is 1. The largest absolute Gasteiger partial charge is 0.478 e. The van der Waals surface area contributed by atoms with Crippen molar-refractivity contribution in [1.29, 1.82) is 0 Å². The highest BCUT2D eigenvalue weighted by Crippen LogP contribution is 2.17. The molecule has 0 spiro atoms. The average molecular weight is 247 g/mol. The van der Waals surface area contributed by atoms with Gasteiger partial charge in [0.05, 0.1) is 5.56 Å². The van der Waals surface area contributed by atoms with Crippen LogP contribution in [0.5, 0.6) is 0 Å². The van der Waals surface area contributed by atoms with E-state index in [9.17, 15) is 4.79 Å². The maximum Gasteiger partial charge on any atom is 0.336 e. The first-order chi connectivity index (χ1) is 8.15. The summed E-state index contributed by atoms with van der Waals surface area (Å²) in [5.74, 6) is -0.872. The lowest BCUT2D eigenvalue weighted by atomic mass is 10.2. The van der Waals surface area contributed by atoms with E-state index in [4.69, 9.17) is 5.11 Å². The van der Waals surface area contributed by atoms with Crippen molar-refractivity contribution in [1.82, 2.24) is 0 Å². The van der Waals surface area contributed by atoms with Gasteiger partial charge in [0.25, 0.3) is 0 Å². The fourth-order valence-electron chi connectivity index (χ4n) is 1.45. The van der Waals surface area contributed by atoms with Crippen LogP contribution in [0.4, 0.5) is 5.69 Å². The van der Waals surface area contributed by atoms with Crippen LogP contribution >= 0.6 is 11.3 Å². The van der Waals surface area contributed by atoms with Crippen LogP contribution in [-0.2, 0) is 6.54 Å². The van der Waals surface area contributed by atoms with E-state index in [1.54, 1.807) is 11.4 Å². The third-order valence-electron chi connectivity index (χ3n) is 2.42. The van der Waals surface area contributed by atoms with Gasteiger partial charge in [0.2, 0.25) is 0 Å². The smallest absolute Gasteiger partial charge is 0.336 e. The Bertz CT molecular complexity index is 516. The Hall–Kier alpha value is -1.81. The van der Waals surface area contributed by atoms with Crippen molar-refractivity contribution in [2.24, 2.45) is 0 Å². The Morgan fingerprint density at radius 3 is 2.65 bits per heavy atom. The molecule has 1 aromatic carbocycles. The summed E-state index contributed by atoms with van der Waals surface area (Å²) in [6.45, 7) is 2.70. The second kappa shape index (κ2) is 5.01. The van der Waals surface area contributed by atoms with Gasteiger partial charge in [-0.25, -0.2) is 4.79 Å². The number of carboxylic acids is 1. The van der Waals surface area contributed by atoms with E-state index < -0.39 is 5.97 Å². The van der Waals surface area contributed by atoms with Crippen molar-refractivity contribution in [2.75, 3.05) is 5.32 Å². The summed E-state index contributed by atoms with van der Waals surface area (Å²) in [6.07, 6.45) is 0. The Labute approximate surface area is 104 Å². The number of hydrogen-bond acceptors (Lipinski definition) is 3. The highest BCUT2D eigenvalue weighted by Gasteiger charge is 2.05. The summed E-state index contributed by atoms with van der Waals surface area (Å²) >= 11 is 1.46. The molecule has 1 heterocycles. The number of hydrogen-bond donors (Lipinski definition) is 2. The van der Waals surface area contributed by atoms with Gasteiger partial charge in [0.1, 0.15) is 0 Å². The van der Waals surface area contributed by atoms with E-state index in [2.05, 4.69) is 5.32 Å². The molecule has 0 saturated carbocycles. The topological polar surface area (TPSA) is 49.3 Å². The molecular formula is C13H13NO2S. The first kappa shape index (κ1) is 11.7. The standard InChI is InChI=1S/C13H13NO2S/c1-9-2-4-11(5-3-9)14-7-12-6-10(8-17-12)13(15)16/h2-6,8,14H,7H2,1H3,(H,15,16). The van der Waals surface area contributed by atoms with Crippen molar-refractivity contribution < 1.29 is 9.90 Å². The summed E-state index contributed by atoms with van der Waals surface area (Å²) in [4.78, 5) is 11.7. The number of rotatable bonds is 4. The average Bonchev–Trinajstić information content (AvgIpc) is 2.77. The van der Waals surface area contributed by atoms with Gasteiger partial charge in [-0.1, -0.05) is 17.7 Å². The summed E-state index contributed by atoms with van der Waals surface area (Å²) in [5.41, 5.74) is 2.62. The number of benzene rings is 1. The lowest BCUT2D eigenvalue weighted by Crippen LogP contribution is -1.97. The molecule has 0 bridgehead atoms. The molecule has 17 heavy (non-hydrogen) atoms. The minimum Gasteiger partial charge on any atom is -0.478 e. The molecule has 0 amide bonds. The summed E-state index contributed by atoms with van der Waals surface area (Å²) < 4.78 is 0. The Kier molecular flexibility index (Phi) is 3.44. The summed E-state index contributed by atoms with van der Waals surface area (Å²) in [6, 6.07) is 9.81. The number of carbonyl (C=O) groups is 1. The molecule has 0 saturated heterocycles. The molecule has 0 radical (unpaired) electrons. The van der Waals surface area contributed by atoms with Gasteiger partial charge >= 0.3 is 5.97 Å². The zero-order valence-electron chi connectivity index (χ0n) is 9.43. The molecule has 0 aliphatic heterocycles. The van der Waals surface area contributed by atoms with Gasteiger partial charge in [-0.15, -0.1) is 11.3 Å². The third kappa shape index (κ3) is 3.07. The van der Waals surface area contributed by atoms with Gasteiger partial charge in [-0.3, -0.25) is 0 Å². The van der Waals surface area contributed by atoms with Crippen molar-refractivity contribution in [3.63, 3.8) is 0 Å². The molecule has 88 valence electrons. The second-order valence-electron chi connectivity index (χ2n) is 3.83. The predicted octanol–water partition coefficient (Wildman–Crippen LogP) is 3.37. The van der Waals surface area contributed by atoms with Gasteiger partial charge in [0.15, 0.2) is 0 Å². The molecule has 1 aromatic heterocycles. The SMILES string of the molecule is Cc1ccc(NCc2cc(C(=O)O)cs2)cc1. The molecule has 0 aliphatic carbocycles. The highest BCUT2D eigenvalue weighted by molar-refractivity contribution is 7.10. The molecule has 2 rings (SSSR count). The molecule has 2 N–H and O–H groups in total. The molecule has 4 heteroatoms. The summed E-state index contributed by atoms with van der Waals surface area (Å²) in [5, 5.41) is 13.7. The van der Waals surface area contributed by atoms with Gasteiger partial charge in [-0.2, -0.15) is 0 Å². The lowest BCUT2D eigenvalue weighted by molar-refractivity contribution is 0.0697. The van der Waals surface area contributed by atoms with Crippen LogP contribution in [0.1, 0.15) is 20.8 Å². The van der Waals surface area contributed by atoms with Crippen LogP contribution in [-0.4, -0.2) is 11.1 Å². The maximum absolute atomic E-state index is 10.7. The number of nitrogens with one attached hydrogen (secondary N) is 1. The zero-order chi connectivity index (χ0) is 12.3. The second-order valence-corrected chi connectivity index (χ2v) is 4.82. The fourth-order valence-corrected chi connectivity index (χ4v) is 2.24. The van der Waals surface area contributed by atoms with Crippen LogP contribution in [0.25, 0.3) is 0 Å². The molecular weight excluding hydrogens is 234 g/mol. The molecule has 3 nitrogen and oxygen atoms in total. The van der Waals surface area contributed by atoms with E-state index in [0.717, 1.165) is 10.6 Å². The van der Waals surface area contributed by atoms with Crippen LogP contribution in [0, 0.1) is 6.92 Å². The number of carboxylic acid groups (broad SMARTS) is 1. The van der Waals surface area contributed by atoms with Crippen LogP contribution in [0.2, 0.25) is 0 Å². The molecule has 0 atom stereocenters. The van der Waals surface area contributed by atoms with Gasteiger partial charge in [-0.05, 0) is 25.1 Å². The minimum atomic E-state index is -0.872.